The van der Waals surface area contributed by atoms with Crippen molar-refractivity contribution in [1.29, 1.82) is 0 Å². The van der Waals surface area contributed by atoms with Crippen LogP contribution in [0.5, 0.6) is 5.75 Å². The third-order valence-electron chi connectivity index (χ3n) is 9.14. The molecule has 2 N–H and O–H groups in total. The van der Waals surface area contributed by atoms with Crippen LogP contribution in [-0.2, 0) is 40.9 Å². The van der Waals surface area contributed by atoms with Crippen molar-refractivity contribution in [3.05, 3.63) is 53.1 Å². The fourth-order valence-electron chi connectivity index (χ4n) is 6.51. The first-order valence-corrected chi connectivity index (χ1v) is 17.4. The SMILES string of the molecule is CCCCNC(=O)c1ccc(S(=O)(=O)N2C(=O)C3(CCC(OCC(=O)N4CCOCC4)CC3)c3cc(CCO)ccc32)c(OC)c1. The highest BCUT2D eigenvalue weighted by atomic mass is 32.2. The number of hydrogen-bond donors (Lipinski definition) is 2. The maximum Gasteiger partial charge on any atom is 0.274 e. The molecule has 2 aromatic carbocycles. The van der Waals surface area contributed by atoms with Crippen LogP contribution < -0.4 is 14.4 Å². The van der Waals surface area contributed by atoms with Gasteiger partial charge in [0, 0.05) is 31.8 Å². The Balaban J connectivity index is 1.40. The number of sulfonamides is 1. The molecule has 0 radical (unpaired) electrons. The zero-order valence-electron chi connectivity index (χ0n) is 26.5. The number of ether oxygens (including phenoxy) is 3. The van der Waals surface area contributed by atoms with E-state index in [4.69, 9.17) is 14.2 Å². The highest BCUT2D eigenvalue weighted by Crippen LogP contribution is 2.52. The van der Waals surface area contributed by atoms with Gasteiger partial charge >= 0.3 is 0 Å². The summed E-state index contributed by atoms with van der Waals surface area (Å²) in [5.41, 5.74) is 0.778. The van der Waals surface area contributed by atoms with Gasteiger partial charge in [-0.1, -0.05) is 25.5 Å². The molecule has 0 atom stereocenters. The lowest BCUT2D eigenvalue weighted by Crippen LogP contribution is -2.46. The minimum Gasteiger partial charge on any atom is -0.495 e. The van der Waals surface area contributed by atoms with E-state index in [0.29, 0.717) is 70.5 Å². The number of hydrogen-bond acceptors (Lipinski definition) is 9. The topological polar surface area (TPSA) is 152 Å². The number of benzene rings is 2. The largest absolute Gasteiger partial charge is 0.495 e. The summed E-state index contributed by atoms with van der Waals surface area (Å²) in [6, 6.07) is 9.25. The molecular weight excluding hydrogens is 614 g/mol. The monoisotopic (exact) mass is 657 g/mol. The predicted molar refractivity (Wildman–Crippen MR) is 169 cm³/mol. The van der Waals surface area contributed by atoms with Crippen molar-refractivity contribution in [2.45, 2.75) is 68.3 Å². The number of anilines is 1. The summed E-state index contributed by atoms with van der Waals surface area (Å²) in [5.74, 6) is -1.05. The molecule has 2 aromatic rings. The van der Waals surface area contributed by atoms with E-state index < -0.39 is 21.3 Å². The van der Waals surface area contributed by atoms with Gasteiger partial charge < -0.3 is 29.5 Å². The highest BCUT2D eigenvalue weighted by Gasteiger charge is 2.56. The summed E-state index contributed by atoms with van der Waals surface area (Å²) in [6.07, 6.45) is 3.42. The third-order valence-corrected chi connectivity index (χ3v) is 10.9. The Labute approximate surface area is 270 Å². The first-order chi connectivity index (χ1) is 22.2. The minimum absolute atomic E-state index is 0.0441. The predicted octanol–water partition coefficient (Wildman–Crippen LogP) is 2.55. The first kappa shape index (κ1) is 33.8. The number of amides is 3. The van der Waals surface area contributed by atoms with Crippen molar-refractivity contribution in [2.75, 3.05) is 57.5 Å². The van der Waals surface area contributed by atoms with Gasteiger partial charge in [0.2, 0.25) is 5.91 Å². The second-order valence-corrected chi connectivity index (χ2v) is 13.7. The fraction of sp³-hybridized carbons (Fsp3) is 0.545. The molecule has 13 heteroatoms. The average Bonchev–Trinajstić information content (AvgIpc) is 3.31. The van der Waals surface area contributed by atoms with Crippen LogP contribution in [-0.4, -0.2) is 95.4 Å². The van der Waals surface area contributed by atoms with Crippen LogP contribution in [0.1, 0.15) is 66.9 Å². The van der Waals surface area contributed by atoms with Gasteiger partial charge in [0.15, 0.2) is 0 Å². The van der Waals surface area contributed by atoms with Gasteiger partial charge in [0.25, 0.3) is 21.8 Å². The van der Waals surface area contributed by atoms with Gasteiger partial charge in [-0.25, -0.2) is 12.7 Å². The zero-order valence-corrected chi connectivity index (χ0v) is 27.3. The van der Waals surface area contributed by atoms with E-state index in [1.165, 1.54) is 25.3 Å². The molecule has 1 saturated heterocycles. The minimum atomic E-state index is -4.47. The summed E-state index contributed by atoms with van der Waals surface area (Å²) in [4.78, 5) is 41.2. The van der Waals surface area contributed by atoms with Crippen molar-refractivity contribution >= 4 is 33.4 Å². The molecule has 0 aromatic heterocycles. The molecule has 2 heterocycles. The number of methoxy groups -OCH3 is 1. The van der Waals surface area contributed by atoms with Crippen LogP contribution in [0.2, 0.25) is 0 Å². The molecule has 2 aliphatic heterocycles. The average molecular weight is 658 g/mol. The number of aliphatic hydroxyl groups excluding tert-OH is 1. The second-order valence-electron chi connectivity index (χ2n) is 12.0. The molecule has 1 saturated carbocycles. The van der Waals surface area contributed by atoms with Gasteiger partial charge in [-0.15, -0.1) is 0 Å². The van der Waals surface area contributed by atoms with Crippen LogP contribution >= 0.6 is 0 Å². The number of rotatable bonds is 12. The highest BCUT2D eigenvalue weighted by molar-refractivity contribution is 7.93. The number of aliphatic hydroxyl groups is 1. The van der Waals surface area contributed by atoms with E-state index in [1.54, 1.807) is 17.0 Å². The van der Waals surface area contributed by atoms with Gasteiger partial charge in [-0.3, -0.25) is 14.4 Å². The van der Waals surface area contributed by atoms with E-state index in [-0.39, 0.29) is 53.0 Å². The Kier molecular flexibility index (Phi) is 10.7. The number of nitrogens with one attached hydrogen (secondary N) is 1. The number of nitrogens with zero attached hydrogens (tertiary/aromatic N) is 2. The molecule has 1 spiro atoms. The molecular formula is C33H43N3O9S. The Morgan fingerprint density at radius 3 is 2.52 bits per heavy atom. The van der Waals surface area contributed by atoms with Crippen molar-refractivity contribution in [3.8, 4) is 5.75 Å². The molecule has 3 amide bonds. The van der Waals surface area contributed by atoms with Crippen molar-refractivity contribution in [3.63, 3.8) is 0 Å². The maximum atomic E-state index is 14.4. The van der Waals surface area contributed by atoms with Gasteiger partial charge in [0.1, 0.15) is 17.3 Å². The van der Waals surface area contributed by atoms with Crippen LogP contribution in [0.15, 0.2) is 41.3 Å². The second kappa shape index (κ2) is 14.5. The maximum absolute atomic E-state index is 14.4. The summed E-state index contributed by atoms with van der Waals surface area (Å²) < 4.78 is 46.2. The Morgan fingerprint density at radius 2 is 1.85 bits per heavy atom. The molecule has 5 rings (SSSR count). The van der Waals surface area contributed by atoms with Crippen LogP contribution in [0.3, 0.4) is 0 Å². The van der Waals surface area contributed by atoms with E-state index in [1.807, 2.05) is 13.0 Å². The zero-order chi connectivity index (χ0) is 32.9. The van der Waals surface area contributed by atoms with Crippen LogP contribution in [0.25, 0.3) is 0 Å². The normalized spacial score (nSPS) is 21.4. The summed E-state index contributed by atoms with van der Waals surface area (Å²) in [5, 5.41) is 12.4. The first-order valence-electron chi connectivity index (χ1n) is 15.9. The van der Waals surface area contributed by atoms with E-state index in [0.717, 1.165) is 22.7 Å². The summed E-state index contributed by atoms with van der Waals surface area (Å²) >= 11 is 0. The van der Waals surface area contributed by atoms with E-state index >= 15 is 0 Å². The number of fused-ring (bicyclic) bond motifs is 2. The number of morpholine rings is 1. The standard InChI is InChI=1S/C33H43N3O9S/c1-3-4-14-34-31(39)24-6-8-29(28(21-24)43-2)46(41,42)36-27-7-5-23(11-17-37)20-26(27)33(32(36)40)12-9-25(10-13-33)45-22-30(38)35-15-18-44-19-16-35/h5-8,20-21,25,37H,3-4,9-19,22H2,1-2H3,(H,34,39). The van der Waals surface area contributed by atoms with E-state index in [2.05, 4.69) is 5.32 Å². The molecule has 2 fully saturated rings. The Hall–Kier alpha value is -3.52. The molecule has 46 heavy (non-hydrogen) atoms. The molecule has 3 aliphatic rings. The lowest BCUT2D eigenvalue weighted by molar-refractivity contribution is -0.143. The quantitative estimate of drug-likeness (QED) is 0.328. The van der Waals surface area contributed by atoms with Crippen molar-refractivity contribution in [2.24, 2.45) is 0 Å². The Bertz CT molecular complexity index is 1550. The number of carbonyl (C=O) groups is 3. The third kappa shape index (κ3) is 6.64. The van der Waals surface area contributed by atoms with E-state index in [9.17, 15) is 27.9 Å². The van der Waals surface area contributed by atoms with Crippen LogP contribution in [0.4, 0.5) is 5.69 Å². The summed E-state index contributed by atoms with van der Waals surface area (Å²) in [6.45, 7) is 4.42. The lowest BCUT2D eigenvalue weighted by atomic mass is 9.69. The fourth-order valence-corrected chi connectivity index (χ4v) is 8.16. The molecule has 1 aliphatic carbocycles. The lowest BCUT2D eigenvalue weighted by Gasteiger charge is -2.36. The van der Waals surface area contributed by atoms with Gasteiger partial charge in [-0.05, 0) is 73.9 Å². The Morgan fingerprint density at radius 1 is 1.11 bits per heavy atom. The number of carbonyl (C=O) groups excluding carboxylic acids is 3. The molecule has 0 bridgehead atoms. The molecule has 0 unspecified atom stereocenters. The van der Waals surface area contributed by atoms with Crippen LogP contribution in [0, 0.1) is 0 Å². The van der Waals surface area contributed by atoms with Gasteiger partial charge in [0.05, 0.1) is 37.5 Å². The van der Waals surface area contributed by atoms with Gasteiger partial charge in [-0.2, -0.15) is 0 Å². The molecule has 12 nitrogen and oxygen atoms in total. The molecule has 250 valence electrons. The summed E-state index contributed by atoms with van der Waals surface area (Å²) in [7, 11) is -3.15. The van der Waals surface area contributed by atoms with Crippen molar-refractivity contribution < 1.29 is 42.1 Å². The number of unbranched alkanes of at least 4 members (excludes halogenated alkanes) is 1. The van der Waals surface area contributed by atoms with Crippen molar-refractivity contribution in [1.82, 2.24) is 10.2 Å². The smallest absolute Gasteiger partial charge is 0.274 e.